The summed E-state index contributed by atoms with van der Waals surface area (Å²) in [6.45, 7) is 5.63. The summed E-state index contributed by atoms with van der Waals surface area (Å²) in [5.74, 6) is -0.728. The van der Waals surface area contributed by atoms with Gasteiger partial charge in [0.05, 0.1) is 11.9 Å². The standard InChI is InChI=1S/C30H36IN3O4S/c1-5-23(3)32-30(36)28(19-24-9-7-6-8-10-24)33(20-25-13-11-22(2)12-14-25)29(35)21-34(39(4,37)38)27-17-15-26(31)16-18-27/h6-18,23,28H,5,19-21H2,1-4H3,(H,32,36)/t23-,28-/m0/s1. The number of carbonyl (C=O) groups excluding carboxylic acids is 2. The molecular formula is C30H36IN3O4S. The highest BCUT2D eigenvalue weighted by Gasteiger charge is 2.33. The Hall–Kier alpha value is -2.92. The number of rotatable bonds is 12. The van der Waals surface area contributed by atoms with E-state index in [1.807, 2.05) is 75.4 Å². The van der Waals surface area contributed by atoms with Gasteiger partial charge in [-0.05, 0) is 78.3 Å². The molecular weight excluding hydrogens is 625 g/mol. The van der Waals surface area contributed by atoms with Crippen LogP contribution in [0.25, 0.3) is 0 Å². The molecule has 2 atom stereocenters. The Labute approximate surface area is 245 Å². The third kappa shape index (κ3) is 9.06. The molecule has 3 aromatic carbocycles. The highest BCUT2D eigenvalue weighted by atomic mass is 127. The molecule has 3 aromatic rings. The van der Waals surface area contributed by atoms with Crippen molar-refractivity contribution < 1.29 is 18.0 Å². The number of nitrogens with one attached hydrogen (secondary N) is 1. The van der Waals surface area contributed by atoms with Gasteiger partial charge in [-0.15, -0.1) is 0 Å². The molecule has 0 aliphatic heterocycles. The van der Waals surface area contributed by atoms with Crippen molar-refractivity contribution in [3.05, 3.63) is 99.1 Å². The number of nitrogens with zero attached hydrogens (tertiary/aromatic N) is 2. The van der Waals surface area contributed by atoms with Crippen molar-refractivity contribution in [2.45, 2.75) is 52.2 Å². The summed E-state index contributed by atoms with van der Waals surface area (Å²) in [5.41, 5.74) is 3.23. The van der Waals surface area contributed by atoms with Crippen molar-refractivity contribution in [3.8, 4) is 0 Å². The minimum absolute atomic E-state index is 0.0774. The Balaban J connectivity index is 2.04. The fraction of sp³-hybridized carbons (Fsp3) is 0.333. The minimum Gasteiger partial charge on any atom is -0.352 e. The summed E-state index contributed by atoms with van der Waals surface area (Å²) in [4.78, 5) is 29.2. The molecule has 208 valence electrons. The topological polar surface area (TPSA) is 86.8 Å². The van der Waals surface area contributed by atoms with E-state index in [1.165, 1.54) is 4.90 Å². The zero-order valence-electron chi connectivity index (χ0n) is 22.8. The summed E-state index contributed by atoms with van der Waals surface area (Å²) in [5, 5.41) is 3.04. The Morgan fingerprint density at radius 2 is 1.54 bits per heavy atom. The maximum atomic E-state index is 14.0. The van der Waals surface area contributed by atoms with E-state index < -0.39 is 28.5 Å². The molecule has 0 aromatic heterocycles. The lowest BCUT2D eigenvalue weighted by Crippen LogP contribution is -2.54. The number of carbonyl (C=O) groups is 2. The molecule has 0 aliphatic rings. The number of halogens is 1. The van der Waals surface area contributed by atoms with Gasteiger partial charge in [-0.3, -0.25) is 13.9 Å². The second-order valence-electron chi connectivity index (χ2n) is 9.78. The molecule has 3 rings (SSSR count). The summed E-state index contributed by atoms with van der Waals surface area (Å²) in [6, 6.07) is 23.3. The van der Waals surface area contributed by atoms with Crippen LogP contribution in [0, 0.1) is 10.5 Å². The van der Waals surface area contributed by atoms with E-state index in [-0.39, 0.29) is 18.5 Å². The molecule has 0 aliphatic carbocycles. The zero-order valence-corrected chi connectivity index (χ0v) is 25.8. The van der Waals surface area contributed by atoms with Gasteiger partial charge < -0.3 is 10.2 Å². The summed E-state index contributed by atoms with van der Waals surface area (Å²) >= 11 is 2.14. The number of amides is 2. The number of sulfonamides is 1. The molecule has 0 bridgehead atoms. The number of anilines is 1. The normalized spacial score (nSPS) is 12.8. The maximum Gasteiger partial charge on any atom is 0.244 e. The Bertz CT molecular complexity index is 1350. The van der Waals surface area contributed by atoms with Crippen LogP contribution in [0.4, 0.5) is 5.69 Å². The first-order valence-electron chi connectivity index (χ1n) is 12.9. The molecule has 0 heterocycles. The lowest BCUT2D eigenvalue weighted by molar-refractivity contribution is -0.140. The van der Waals surface area contributed by atoms with Crippen molar-refractivity contribution in [1.82, 2.24) is 10.2 Å². The van der Waals surface area contributed by atoms with E-state index in [4.69, 9.17) is 0 Å². The number of aryl methyl sites for hydroxylation is 1. The van der Waals surface area contributed by atoms with Crippen LogP contribution < -0.4 is 9.62 Å². The second kappa shape index (κ2) is 13.9. The molecule has 0 spiro atoms. The first-order valence-corrected chi connectivity index (χ1v) is 15.8. The monoisotopic (exact) mass is 661 g/mol. The van der Waals surface area contributed by atoms with Gasteiger partial charge in [-0.1, -0.05) is 67.1 Å². The van der Waals surface area contributed by atoms with Gasteiger partial charge in [0.25, 0.3) is 0 Å². The molecule has 39 heavy (non-hydrogen) atoms. The van der Waals surface area contributed by atoms with E-state index in [1.54, 1.807) is 24.3 Å². The Morgan fingerprint density at radius 1 is 0.923 bits per heavy atom. The fourth-order valence-corrected chi connectivity index (χ4v) is 5.32. The van der Waals surface area contributed by atoms with E-state index in [0.29, 0.717) is 12.1 Å². The van der Waals surface area contributed by atoms with Crippen molar-refractivity contribution >= 4 is 50.1 Å². The largest absolute Gasteiger partial charge is 0.352 e. The van der Waals surface area contributed by atoms with Gasteiger partial charge in [-0.25, -0.2) is 8.42 Å². The predicted octanol–water partition coefficient (Wildman–Crippen LogP) is 4.92. The average Bonchev–Trinajstić information content (AvgIpc) is 2.90. The first kappa shape index (κ1) is 30.6. The number of hydrogen-bond acceptors (Lipinski definition) is 4. The highest BCUT2D eigenvalue weighted by Crippen LogP contribution is 2.21. The predicted molar refractivity (Wildman–Crippen MR) is 165 cm³/mol. The highest BCUT2D eigenvalue weighted by molar-refractivity contribution is 14.1. The van der Waals surface area contributed by atoms with Gasteiger partial charge in [0.1, 0.15) is 12.6 Å². The quantitative estimate of drug-likeness (QED) is 0.280. The van der Waals surface area contributed by atoms with E-state index in [2.05, 4.69) is 27.9 Å². The first-order chi connectivity index (χ1) is 18.5. The smallest absolute Gasteiger partial charge is 0.244 e. The van der Waals surface area contributed by atoms with E-state index in [9.17, 15) is 18.0 Å². The second-order valence-corrected chi connectivity index (χ2v) is 12.9. The van der Waals surface area contributed by atoms with Crippen LogP contribution in [-0.4, -0.2) is 50.0 Å². The minimum atomic E-state index is -3.78. The van der Waals surface area contributed by atoms with Crippen molar-refractivity contribution in [2.75, 3.05) is 17.1 Å². The molecule has 0 saturated heterocycles. The Morgan fingerprint density at radius 3 is 2.10 bits per heavy atom. The third-order valence-electron chi connectivity index (χ3n) is 6.54. The number of benzene rings is 3. The summed E-state index contributed by atoms with van der Waals surface area (Å²) in [6.07, 6.45) is 2.12. The Kier molecular flexibility index (Phi) is 10.9. The number of hydrogen-bond donors (Lipinski definition) is 1. The molecule has 0 radical (unpaired) electrons. The van der Waals surface area contributed by atoms with E-state index in [0.717, 1.165) is 37.2 Å². The lowest BCUT2D eigenvalue weighted by atomic mass is 10.0. The fourth-order valence-electron chi connectivity index (χ4n) is 4.11. The molecule has 2 amide bonds. The van der Waals surface area contributed by atoms with Crippen LogP contribution in [0.1, 0.15) is 37.0 Å². The van der Waals surface area contributed by atoms with Crippen LogP contribution in [0.2, 0.25) is 0 Å². The van der Waals surface area contributed by atoms with Crippen molar-refractivity contribution in [3.63, 3.8) is 0 Å². The zero-order chi connectivity index (χ0) is 28.6. The van der Waals surface area contributed by atoms with Crippen molar-refractivity contribution in [2.24, 2.45) is 0 Å². The van der Waals surface area contributed by atoms with Gasteiger partial charge >= 0.3 is 0 Å². The lowest BCUT2D eigenvalue weighted by Gasteiger charge is -2.34. The van der Waals surface area contributed by atoms with Crippen LogP contribution in [0.3, 0.4) is 0 Å². The maximum absolute atomic E-state index is 14.0. The average molecular weight is 662 g/mol. The molecule has 9 heteroatoms. The van der Waals surface area contributed by atoms with Crippen LogP contribution in [0.15, 0.2) is 78.9 Å². The molecule has 0 fully saturated rings. The SMILES string of the molecule is CC[C@H](C)NC(=O)[C@H](Cc1ccccc1)N(Cc1ccc(C)cc1)C(=O)CN(c1ccc(I)cc1)S(C)(=O)=O. The molecule has 1 N–H and O–H groups in total. The van der Waals surface area contributed by atoms with Crippen LogP contribution >= 0.6 is 22.6 Å². The van der Waals surface area contributed by atoms with Crippen LogP contribution in [0.5, 0.6) is 0 Å². The summed E-state index contributed by atoms with van der Waals surface area (Å²) in [7, 11) is -3.78. The molecule has 7 nitrogen and oxygen atoms in total. The van der Waals surface area contributed by atoms with Gasteiger partial charge in [0.15, 0.2) is 0 Å². The summed E-state index contributed by atoms with van der Waals surface area (Å²) < 4.78 is 27.7. The van der Waals surface area contributed by atoms with Gasteiger partial charge in [0, 0.05) is 22.6 Å². The van der Waals surface area contributed by atoms with E-state index >= 15 is 0 Å². The molecule has 0 saturated carbocycles. The van der Waals surface area contributed by atoms with Gasteiger partial charge in [0.2, 0.25) is 21.8 Å². The molecule has 0 unspecified atom stereocenters. The van der Waals surface area contributed by atoms with Gasteiger partial charge in [-0.2, -0.15) is 0 Å². The van der Waals surface area contributed by atoms with Crippen LogP contribution in [-0.2, 0) is 32.6 Å². The van der Waals surface area contributed by atoms with Crippen molar-refractivity contribution in [1.29, 1.82) is 0 Å². The third-order valence-corrected chi connectivity index (χ3v) is 8.40.